The summed E-state index contributed by atoms with van der Waals surface area (Å²) in [5.41, 5.74) is 3.35. The Morgan fingerprint density at radius 2 is 2.00 bits per heavy atom. The van der Waals surface area contributed by atoms with E-state index in [1.165, 1.54) is 18.6 Å². The van der Waals surface area contributed by atoms with Crippen molar-refractivity contribution in [2.24, 2.45) is 0 Å². The van der Waals surface area contributed by atoms with Gasteiger partial charge in [-0.1, -0.05) is 25.5 Å². The minimum absolute atomic E-state index is 0.119. The fraction of sp³-hybridized carbons (Fsp3) is 0.647. The van der Waals surface area contributed by atoms with Crippen LogP contribution in [0.25, 0.3) is 0 Å². The number of nitrogens with zero attached hydrogens (tertiary/aromatic N) is 1. The van der Waals surface area contributed by atoms with E-state index < -0.39 is 11.7 Å². The Hall–Kier alpha value is -1.11. The van der Waals surface area contributed by atoms with Gasteiger partial charge < -0.3 is 4.74 Å². The maximum absolute atomic E-state index is 12.7. The first kappa shape index (κ1) is 18.2. The molecule has 1 saturated heterocycles. The first-order chi connectivity index (χ1) is 11.0. The molecule has 23 heavy (non-hydrogen) atoms. The summed E-state index contributed by atoms with van der Waals surface area (Å²) in [7, 11) is 0. The van der Waals surface area contributed by atoms with E-state index >= 15 is 0 Å². The first-order valence-corrected chi connectivity index (χ1v) is 8.25. The second-order valence-corrected chi connectivity index (χ2v) is 5.96. The molecule has 1 aromatic carbocycles. The van der Waals surface area contributed by atoms with Gasteiger partial charge in [0.2, 0.25) is 0 Å². The van der Waals surface area contributed by atoms with E-state index in [-0.39, 0.29) is 12.7 Å². The van der Waals surface area contributed by atoms with E-state index in [4.69, 9.17) is 4.74 Å². The van der Waals surface area contributed by atoms with Crippen LogP contribution in [0.5, 0.6) is 0 Å². The number of halogens is 3. The molecule has 0 spiro atoms. The molecule has 0 saturated carbocycles. The van der Waals surface area contributed by atoms with Gasteiger partial charge in [-0.15, -0.1) is 0 Å². The molecule has 0 radical (unpaired) electrons. The molecular weight excluding hydrogens is 305 g/mol. The summed E-state index contributed by atoms with van der Waals surface area (Å²) in [5, 5.41) is 2.21. The SMILES string of the molecule is CCCCNN1CCC(OCc2cccc(C(F)(F)F)c2)CC1. The summed E-state index contributed by atoms with van der Waals surface area (Å²) in [6, 6.07) is 5.36. The van der Waals surface area contributed by atoms with Crippen LogP contribution in [0.15, 0.2) is 24.3 Å². The van der Waals surface area contributed by atoms with Crippen molar-refractivity contribution in [2.45, 2.75) is 51.5 Å². The molecule has 0 aromatic heterocycles. The number of ether oxygens (including phenoxy) is 1. The Morgan fingerprint density at radius 1 is 1.26 bits per heavy atom. The molecular formula is C17H25F3N2O. The largest absolute Gasteiger partial charge is 0.416 e. The predicted octanol–water partition coefficient (Wildman–Crippen LogP) is 3.99. The minimum atomic E-state index is -4.30. The molecule has 0 amide bonds. The second kappa shape index (κ2) is 8.66. The van der Waals surface area contributed by atoms with Crippen LogP contribution in [-0.2, 0) is 17.5 Å². The van der Waals surface area contributed by atoms with Gasteiger partial charge in [-0.2, -0.15) is 13.2 Å². The van der Waals surface area contributed by atoms with Crippen molar-refractivity contribution in [3.63, 3.8) is 0 Å². The highest BCUT2D eigenvalue weighted by Crippen LogP contribution is 2.29. The van der Waals surface area contributed by atoms with Gasteiger partial charge in [-0.05, 0) is 37.0 Å². The van der Waals surface area contributed by atoms with Crippen LogP contribution >= 0.6 is 0 Å². The Morgan fingerprint density at radius 3 is 2.65 bits per heavy atom. The molecule has 2 rings (SSSR count). The molecule has 6 heteroatoms. The molecule has 0 aliphatic carbocycles. The Bertz CT molecular complexity index is 471. The maximum atomic E-state index is 12.7. The predicted molar refractivity (Wildman–Crippen MR) is 83.7 cm³/mol. The van der Waals surface area contributed by atoms with Crippen LogP contribution in [0, 0.1) is 0 Å². The Labute approximate surface area is 135 Å². The topological polar surface area (TPSA) is 24.5 Å². The van der Waals surface area contributed by atoms with Crippen LogP contribution in [0.1, 0.15) is 43.7 Å². The monoisotopic (exact) mass is 330 g/mol. The van der Waals surface area contributed by atoms with E-state index in [0.717, 1.165) is 45.0 Å². The third kappa shape index (κ3) is 6.12. The number of hydrogen-bond donors (Lipinski definition) is 1. The number of nitrogens with one attached hydrogen (secondary N) is 1. The maximum Gasteiger partial charge on any atom is 0.416 e. The number of piperidine rings is 1. The van der Waals surface area contributed by atoms with Gasteiger partial charge >= 0.3 is 6.18 Å². The van der Waals surface area contributed by atoms with Crippen molar-refractivity contribution in [1.29, 1.82) is 0 Å². The van der Waals surface area contributed by atoms with Crippen molar-refractivity contribution >= 4 is 0 Å². The highest BCUT2D eigenvalue weighted by atomic mass is 19.4. The zero-order chi connectivity index (χ0) is 16.7. The zero-order valence-corrected chi connectivity index (χ0v) is 13.5. The van der Waals surface area contributed by atoms with Crippen LogP contribution in [0.4, 0.5) is 13.2 Å². The molecule has 1 heterocycles. The molecule has 3 nitrogen and oxygen atoms in total. The van der Waals surface area contributed by atoms with Crippen molar-refractivity contribution < 1.29 is 17.9 Å². The third-order valence-corrected chi connectivity index (χ3v) is 4.05. The van der Waals surface area contributed by atoms with Crippen LogP contribution in [0.3, 0.4) is 0 Å². The number of unbranched alkanes of at least 4 members (excludes halogenated alkanes) is 1. The standard InChI is InChI=1S/C17H25F3N2O/c1-2-3-9-21-22-10-7-16(8-11-22)23-13-14-5-4-6-15(12-14)17(18,19)20/h4-6,12,16,21H,2-3,7-11,13H2,1H3. The number of alkyl halides is 3. The lowest BCUT2D eigenvalue weighted by Gasteiger charge is -2.32. The number of rotatable bonds is 7. The molecule has 1 N–H and O–H groups in total. The summed E-state index contributed by atoms with van der Waals surface area (Å²) < 4.78 is 43.8. The van der Waals surface area contributed by atoms with Crippen molar-refractivity contribution in [3.05, 3.63) is 35.4 Å². The average molecular weight is 330 g/mol. The lowest BCUT2D eigenvalue weighted by Crippen LogP contribution is -2.45. The van der Waals surface area contributed by atoms with E-state index in [2.05, 4.69) is 17.4 Å². The highest BCUT2D eigenvalue weighted by Gasteiger charge is 2.30. The van der Waals surface area contributed by atoms with E-state index in [1.54, 1.807) is 6.07 Å². The number of benzene rings is 1. The molecule has 1 fully saturated rings. The van der Waals surface area contributed by atoms with Crippen molar-refractivity contribution in [2.75, 3.05) is 19.6 Å². The van der Waals surface area contributed by atoms with Gasteiger partial charge in [0.15, 0.2) is 0 Å². The van der Waals surface area contributed by atoms with Gasteiger partial charge in [-0.3, -0.25) is 5.43 Å². The highest BCUT2D eigenvalue weighted by molar-refractivity contribution is 5.25. The molecule has 130 valence electrons. The van der Waals surface area contributed by atoms with Gasteiger partial charge in [0.1, 0.15) is 0 Å². The summed E-state index contributed by atoms with van der Waals surface area (Å²) in [6.45, 7) is 5.22. The molecule has 0 bridgehead atoms. The smallest absolute Gasteiger partial charge is 0.373 e. The van der Waals surface area contributed by atoms with E-state index in [9.17, 15) is 13.2 Å². The van der Waals surface area contributed by atoms with E-state index in [1.807, 2.05) is 0 Å². The van der Waals surface area contributed by atoms with Crippen molar-refractivity contribution in [1.82, 2.24) is 10.4 Å². The van der Waals surface area contributed by atoms with Gasteiger partial charge in [0.25, 0.3) is 0 Å². The average Bonchev–Trinajstić information content (AvgIpc) is 2.54. The van der Waals surface area contributed by atoms with Crippen LogP contribution in [-0.4, -0.2) is 30.7 Å². The molecule has 1 aliphatic rings. The fourth-order valence-corrected chi connectivity index (χ4v) is 2.65. The van der Waals surface area contributed by atoms with Crippen LogP contribution in [0.2, 0.25) is 0 Å². The minimum Gasteiger partial charge on any atom is -0.373 e. The number of hydrazine groups is 1. The van der Waals surface area contributed by atoms with E-state index in [0.29, 0.717) is 5.56 Å². The van der Waals surface area contributed by atoms with Gasteiger partial charge in [-0.25, -0.2) is 5.01 Å². The quantitative estimate of drug-likeness (QED) is 0.765. The zero-order valence-electron chi connectivity index (χ0n) is 13.5. The Balaban J connectivity index is 1.73. The van der Waals surface area contributed by atoms with Crippen LogP contribution < -0.4 is 5.43 Å². The number of hydrogen-bond acceptors (Lipinski definition) is 3. The van der Waals surface area contributed by atoms with Gasteiger partial charge in [0, 0.05) is 19.6 Å². The van der Waals surface area contributed by atoms with Crippen molar-refractivity contribution in [3.8, 4) is 0 Å². The van der Waals surface area contributed by atoms with Gasteiger partial charge in [0.05, 0.1) is 18.3 Å². The molecule has 0 unspecified atom stereocenters. The molecule has 0 atom stereocenters. The molecule has 1 aromatic rings. The summed E-state index contributed by atoms with van der Waals surface area (Å²) in [6.07, 6.45) is -0.0502. The summed E-state index contributed by atoms with van der Waals surface area (Å²) in [5.74, 6) is 0. The second-order valence-electron chi connectivity index (χ2n) is 5.96. The normalized spacial score (nSPS) is 17.6. The first-order valence-electron chi connectivity index (χ1n) is 8.25. The lowest BCUT2D eigenvalue weighted by atomic mass is 10.1. The summed E-state index contributed by atoms with van der Waals surface area (Å²) >= 11 is 0. The third-order valence-electron chi connectivity index (χ3n) is 4.05. The Kier molecular flexibility index (Phi) is 6.87. The fourth-order valence-electron chi connectivity index (χ4n) is 2.65. The lowest BCUT2D eigenvalue weighted by molar-refractivity contribution is -0.137. The molecule has 1 aliphatic heterocycles. The summed E-state index contributed by atoms with van der Waals surface area (Å²) in [4.78, 5) is 0.